The molecule has 0 aromatic heterocycles. The minimum absolute atomic E-state index is 0.0923. The van der Waals surface area contributed by atoms with Gasteiger partial charge in [0.05, 0.1) is 12.7 Å². The molecular formula is C11H23N3O2. The average Bonchev–Trinajstić information content (AvgIpc) is 2.27. The molecule has 1 aliphatic heterocycles. The molecule has 0 aromatic rings. The summed E-state index contributed by atoms with van der Waals surface area (Å²) in [6.45, 7) is 6.04. The quantitative estimate of drug-likeness (QED) is 0.672. The van der Waals surface area contributed by atoms with Gasteiger partial charge in [-0.2, -0.15) is 0 Å². The summed E-state index contributed by atoms with van der Waals surface area (Å²) in [5.74, 6) is 0. The summed E-state index contributed by atoms with van der Waals surface area (Å²) in [6.07, 6.45) is 2.24. The topological polar surface area (TPSA) is 53.6 Å². The SMILES string of the molecule is CCCCNC(=O)NCC1CN(C)CCO1. The van der Waals surface area contributed by atoms with Crippen LogP contribution in [0.1, 0.15) is 19.8 Å². The van der Waals surface area contributed by atoms with Crippen LogP contribution in [0.25, 0.3) is 0 Å². The Morgan fingerprint density at radius 3 is 3.00 bits per heavy atom. The van der Waals surface area contributed by atoms with E-state index >= 15 is 0 Å². The number of hydrogen-bond donors (Lipinski definition) is 2. The van der Waals surface area contributed by atoms with Crippen LogP contribution in [0.3, 0.4) is 0 Å². The van der Waals surface area contributed by atoms with Gasteiger partial charge in [0.2, 0.25) is 0 Å². The van der Waals surface area contributed by atoms with Gasteiger partial charge < -0.3 is 20.3 Å². The van der Waals surface area contributed by atoms with Gasteiger partial charge in [-0.1, -0.05) is 13.3 Å². The highest BCUT2D eigenvalue weighted by Gasteiger charge is 2.17. The van der Waals surface area contributed by atoms with E-state index in [0.29, 0.717) is 6.54 Å². The van der Waals surface area contributed by atoms with E-state index < -0.39 is 0 Å². The lowest BCUT2D eigenvalue weighted by Crippen LogP contribution is -2.47. The lowest BCUT2D eigenvalue weighted by Gasteiger charge is -2.30. The number of likely N-dealkylation sites (N-methyl/N-ethyl adjacent to an activating group) is 1. The number of unbranched alkanes of at least 4 members (excludes halogenated alkanes) is 1. The van der Waals surface area contributed by atoms with Crippen molar-refractivity contribution in [2.75, 3.05) is 39.8 Å². The number of carbonyl (C=O) groups excluding carboxylic acids is 1. The standard InChI is InChI=1S/C11H23N3O2/c1-3-4-5-12-11(15)13-8-10-9-14(2)6-7-16-10/h10H,3-9H2,1-2H3,(H2,12,13,15). The smallest absolute Gasteiger partial charge is 0.314 e. The number of urea groups is 1. The molecule has 2 N–H and O–H groups in total. The van der Waals surface area contributed by atoms with Gasteiger partial charge in [-0.25, -0.2) is 4.79 Å². The molecule has 0 spiro atoms. The van der Waals surface area contributed by atoms with Gasteiger partial charge in [-0.05, 0) is 13.5 Å². The number of carbonyl (C=O) groups is 1. The second kappa shape index (κ2) is 7.46. The Hall–Kier alpha value is -0.810. The maximum atomic E-state index is 11.4. The Morgan fingerprint density at radius 2 is 2.31 bits per heavy atom. The molecule has 5 heteroatoms. The molecule has 1 saturated heterocycles. The van der Waals surface area contributed by atoms with E-state index in [0.717, 1.165) is 39.1 Å². The first-order valence-electron chi connectivity index (χ1n) is 6.04. The fourth-order valence-electron chi connectivity index (χ4n) is 1.64. The van der Waals surface area contributed by atoms with E-state index in [1.165, 1.54) is 0 Å². The average molecular weight is 229 g/mol. The molecule has 1 atom stereocenters. The summed E-state index contributed by atoms with van der Waals surface area (Å²) in [7, 11) is 2.07. The molecule has 2 amide bonds. The van der Waals surface area contributed by atoms with Gasteiger partial charge in [0, 0.05) is 26.2 Å². The van der Waals surface area contributed by atoms with Crippen LogP contribution >= 0.6 is 0 Å². The van der Waals surface area contributed by atoms with Gasteiger partial charge in [-0.3, -0.25) is 0 Å². The molecule has 0 aromatic carbocycles. The van der Waals surface area contributed by atoms with Crippen molar-refractivity contribution < 1.29 is 9.53 Å². The molecule has 0 radical (unpaired) electrons. The Balaban J connectivity index is 2.06. The molecule has 0 aliphatic carbocycles. The van der Waals surface area contributed by atoms with Crippen LogP contribution in [0, 0.1) is 0 Å². The lowest BCUT2D eigenvalue weighted by molar-refractivity contribution is -0.0167. The van der Waals surface area contributed by atoms with Crippen LogP contribution in [0.4, 0.5) is 4.79 Å². The van der Waals surface area contributed by atoms with Crippen LogP contribution in [-0.4, -0.2) is 56.9 Å². The van der Waals surface area contributed by atoms with Crippen LogP contribution in [0.15, 0.2) is 0 Å². The maximum Gasteiger partial charge on any atom is 0.314 e. The van der Waals surface area contributed by atoms with Gasteiger partial charge in [0.25, 0.3) is 0 Å². The fraction of sp³-hybridized carbons (Fsp3) is 0.909. The Morgan fingerprint density at radius 1 is 1.50 bits per heavy atom. The summed E-state index contributed by atoms with van der Waals surface area (Å²) in [6, 6.07) is -0.0923. The summed E-state index contributed by atoms with van der Waals surface area (Å²) < 4.78 is 5.54. The number of amides is 2. The van der Waals surface area contributed by atoms with Crippen LogP contribution in [-0.2, 0) is 4.74 Å². The van der Waals surface area contributed by atoms with E-state index in [-0.39, 0.29) is 12.1 Å². The van der Waals surface area contributed by atoms with Crippen molar-refractivity contribution in [2.24, 2.45) is 0 Å². The predicted octanol–water partition coefficient (Wildman–Crippen LogP) is 0.416. The second-order valence-electron chi connectivity index (χ2n) is 4.25. The molecule has 1 unspecified atom stereocenters. The molecule has 94 valence electrons. The van der Waals surface area contributed by atoms with Gasteiger partial charge in [-0.15, -0.1) is 0 Å². The van der Waals surface area contributed by atoms with Crippen molar-refractivity contribution in [3.63, 3.8) is 0 Å². The van der Waals surface area contributed by atoms with Crippen molar-refractivity contribution in [3.8, 4) is 0 Å². The van der Waals surface area contributed by atoms with E-state index in [4.69, 9.17) is 4.74 Å². The molecule has 16 heavy (non-hydrogen) atoms. The van der Waals surface area contributed by atoms with Gasteiger partial charge >= 0.3 is 6.03 Å². The molecule has 1 rings (SSSR count). The fourth-order valence-corrected chi connectivity index (χ4v) is 1.64. The first-order chi connectivity index (χ1) is 7.72. The highest BCUT2D eigenvalue weighted by atomic mass is 16.5. The minimum Gasteiger partial charge on any atom is -0.374 e. The van der Waals surface area contributed by atoms with E-state index in [2.05, 4.69) is 29.5 Å². The summed E-state index contributed by atoms with van der Waals surface area (Å²) in [5.41, 5.74) is 0. The van der Waals surface area contributed by atoms with Crippen molar-refractivity contribution in [3.05, 3.63) is 0 Å². The Kier molecular flexibility index (Phi) is 6.18. The zero-order valence-corrected chi connectivity index (χ0v) is 10.3. The van der Waals surface area contributed by atoms with Crippen LogP contribution in [0.5, 0.6) is 0 Å². The summed E-state index contributed by atoms with van der Waals surface area (Å²) in [4.78, 5) is 13.6. The Bertz CT molecular complexity index is 211. The highest BCUT2D eigenvalue weighted by molar-refractivity contribution is 5.73. The number of ether oxygens (including phenoxy) is 1. The number of nitrogens with one attached hydrogen (secondary N) is 2. The number of rotatable bonds is 5. The zero-order valence-electron chi connectivity index (χ0n) is 10.3. The van der Waals surface area contributed by atoms with Crippen molar-refractivity contribution in [2.45, 2.75) is 25.9 Å². The Labute approximate surface area is 97.5 Å². The molecule has 0 saturated carbocycles. The van der Waals surface area contributed by atoms with Crippen molar-refractivity contribution >= 4 is 6.03 Å². The normalized spacial score (nSPS) is 21.8. The molecular weight excluding hydrogens is 206 g/mol. The number of morpholine rings is 1. The lowest BCUT2D eigenvalue weighted by atomic mass is 10.3. The maximum absolute atomic E-state index is 11.4. The van der Waals surface area contributed by atoms with Crippen LogP contribution < -0.4 is 10.6 Å². The van der Waals surface area contributed by atoms with Crippen LogP contribution in [0.2, 0.25) is 0 Å². The molecule has 1 aliphatic rings. The molecule has 5 nitrogen and oxygen atoms in total. The third-order valence-corrected chi connectivity index (χ3v) is 2.65. The molecule has 1 heterocycles. The number of nitrogens with zero attached hydrogens (tertiary/aromatic N) is 1. The highest BCUT2D eigenvalue weighted by Crippen LogP contribution is 2.01. The summed E-state index contributed by atoms with van der Waals surface area (Å²) >= 11 is 0. The third-order valence-electron chi connectivity index (χ3n) is 2.65. The van der Waals surface area contributed by atoms with E-state index in [1.807, 2.05) is 0 Å². The van der Waals surface area contributed by atoms with Gasteiger partial charge in [0.1, 0.15) is 0 Å². The first-order valence-corrected chi connectivity index (χ1v) is 6.04. The summed E-state index contributed by atoms with van der Waals surface area (Å²) in [5, 5.41) is 5.65. The van der Waals surface area contributed by atoms with E-state index in [9.17, 15) is 4.79 Å². The van der Waals surface area contributed by atoms with Crippen molar-refractivity contribution in [1.29, 1.82) is 0 Å². The zero-order chi connectivity index (χ0) is 11.8. The minimum atomic E-state index is -0.0923. The monoisotopic (exact) mass is 229 g/mol. The second-order valence-corrected chi connectivity index (χ2v) is 4.25. The number of hydrogen-bond acceptors (Lipinski definition) is 3. The van der Waals surface area contributed by atoms with Gasteiger partial charge in [0.15, 0.2) is 0 Å². The molecule has 0 bridgehead atoms. The largest absolute Gasteiger partial charge is 0.374 e. The predicted molar refractivity (Wildman–Crippen MR) is 63.5 cm³/mol. The first kappa shape index (κ1) is 13.3. The van der Waals surface area contributed by atoms with Crippen molar-refractivity contribution in [1.82, 2.24) is 15.5 Å². The third kappa shape index (κ3) is 5.32. The molecule has 1 fully saturated rings. The van der Waals surface area contributed by atoms with E-state index in [1.54, 1.807) is 0 Å².